The van der Waals surface area contributed by atoms with E-state index in [-0.39, 0.29) is 5.91 Å². The first kappa shape index (κ1) is 25.2. The number of benzene rings is 2. The van der Waals surface area contributed by atoms with Gasteiger partial charge in [0.25, 0.3) is 0 Å². The van der Waals surface area contributed by atoms with Crippen molar-refractivity contribution < 1.29 is 13.2 Å². The molecule has 0 aliphatic carbocycles. The van der Waals surface area contributed by atoms with E-state index in [1.54, 1.807) is 0 Å². The Morgan fingerprint density at radius 1 is 1.06 bits per heavy atom. The van der Waals surface area contributed by atoms with Crippen molar-refractivity contribution in [1.29, 1.82) is 0 Å². The van der Waals surface area contributed by atoms with Gasteiger partial charge in [0.15, 0.2) is 0 Å². The molecule has 1 aliphatic heterocycles. The van der Waals surface area contributed by atoms with Crippen LogP contribution in [0.4, 0.5) is 5.69 Å². The summed E-state index contributed by atoms with van der Waals surface area (Å²) in [4.78, 5) is 15.7. The van der Waals surface area contributed by atoms with E-state index in [1.807, 2.05) is 57.2 Å². The Morgan fingerprint density at radius 3 is 2.36 bits per heavy atom. The summed E-state index contributed by atoms with van der Waals surface area (Å²) in [6, 6.07) is 13.0. The number of carbonyl (C=O) groups is 1. The van der Waals surface area contributed by atoms with E-state index < -0.39 is 16.1 Å². The first-order valence-corrected chi connectivity index (χ1v) is 13.7. The molecule has 180 valence electrons. The number of nitrogens with one attached hydrogen (secondary N) is 1. The van der Waals surface area contributed by atoms with Crippen molar-refractivity contribution in [2.24, 2.45) is 0 Å². The molecule has 6 nitrogen and oxygen atoms in total. The Labute approximate surface area is 199 Å². The minimum Gasteiger partial charge on any atom is -0.350 e. The molecule has 1 fully saturated rings. The molecular formula is C26H37N3O3S. The zero-order chi connectivity index (χ0) is 24.0. The lowest BCUT2D eigenvalue weighted by Gasteiger charge is -2.31. The van der Waals surface area contributed by atoms with Crippen molar-refractivity contribution in [3.63, 3.8) is 0 Å². The van der Waals surface area contributed by atoms with Crippen LogP contribution in [0.1, 0.15) is 54.9 Å². The minimum atomic E-state index is -3.66. The van der Waals surface area contributed by atoms with Crippen molar-refractivity contribution in [3.8, 4) is 0 Å². The van der Waals surface area contributed by atoms with Crippen LogP contribution in [0.3, 0.4) is 0 Å². The molecule has 2 aromatic carbocycles. The molecular weight excluding hydrogens is 434 g/mol. The summed E-state index contributed by atoms with van der Waals surface area (Å²) in [7, 11) is -3.66. The van der Waals surface area contributed by atoms with Gasteiger partial charge in [0.2, 0.25) is 15.9 Å². The summed E-state index contributed by atoms with van der Waals surface area (Å²) < 4.78 is 26.9. The molecule has 7 heteroatoms. The molecule has 0 spiro atoms. The summed E-state index contributed by atoms with van der Waals surface area (Å²) >= 11 is 0. The average Bonchev–Trinajstić information content (AvgIpc) is 2.78. The number of likely N-dealkylation sites (tertiary alicyclic amines) is 1. The van der Waals surface area contributed by atoms with Crippen LogP contribution < -0.4 is 9.62 Å². The molecule has 0 saturated carbocycles. The van der Waals surface area contributed by atoms with Gasteiger partial charge in [0.05, 0.1) is 11.9 Å². The van der Waals surface area contributed by atoms with E-state index in [0.29, 0.717) is 18.7 Å². The number of aryl methyl sites for hydroxylation is 2. The number of carbonyl (C=O) groups excluding carboxylic acids is 1. The normalized spacial score (nSPS) is 15.8. The van der Waals surface area contributed by atoms with Crippen molar-refractivity contribution in [2.75, 3.05) is 23.7 Å². The van der Waals surface area contributed by atoms with E-state index in [0.717, 1.165) is 36.3 Å². The number of hydrogen-bond donors (Lipinski definition) is 1. The van der Waals surface area contributed by atoms with Crippen molar-refractivity contribution in [1.82, 2.24) is 10.2 Å². The molecule has 1 amide bonds. The summed E-state index contributed by atoms with van der Waals surface area (Å²) in [6.45, 7) is 9.11. The fourth-order valence-corrected chi connectivity index (χ4v) is 5.80. The molecule has 0 radical (unpaired) electrons. The Hall–Kier alpha value is -2.38. The Balaban J connectivity index is 1.78. The summed E-state index contributed by atoms with van der Waals surface area (Å²) in [5.74, 6) is -0.281. The molecule has 1 heterocycles. The largest absolute Gasteiger partial charge is 0.350 e. The second kappa shape index (κ2) is 11.2. The zero-order valence-electron chi connectivity index (χ0n) is 20.3. The molecule has 3 rings (SSSR count). The second-order valence-electron chi connectivity index (χ2n) is 9.10. The highest BCUT2D eigenvalue weighted by Crippen LogP contribution is 2.27. The van der Waals surface area contributed by atoms with Crippen LogP contribution in [-0.4, -0.2) is 44.6 Å². The topological polar surface area (TPSA) is 69.7 Å². The van der Waals surface area contributed by atoms with Gasteiger partial charge in [-0.1, -0.05) is 49.7 Å². The molecule has 1 aliphatic rings. The Kier molecular flexibility index (Phi) is 8.54. The maximum Gasteiger partial charge on any atom is 0.244 e. The van der Waals surface area contributed by atoms with Gasteiger partial charge in [-0.3, -0.25) is 14.0 Å². The maximum atomic E-state index is 13.3. The second-order valence-corrected chi connectivity index (χ2v) is 11.0. The predicted octanol–water partition coefficient (Wildman–Crippen LogP) is 4.15. The molecule has 2 aromatic rings. The minimum absolute atomic E-state index is 0.281. The molecule has 1 N–H and O–H groups in total. The van der Waals surface area contributed by atoms with Crippen molar-refractivity contribution in [3.05, 3.63) is 64.7 Å². The lowest BCUT2D eigenvalue weighted by molar-refractivity contribution is -0.122. The van der Waals surface area contributed by atoms with Gasteiger partial charge in [-0.15, -0.1) is 0 Å². The monoisotopic (exact) mass is 471 g/mol. The van der Waals surface area contributed by atoms with Crippen LogP contribution in [0.2, 0.25) is 0 Å². The Morgan fingerprint density at radius 2 is 1.73 bits per heavy atom. The van der Waals surface area contributed by atoms with Gasteiger partial charge < -0.3 is 5.32 Å². The maximum absolute atomic E-state index is 13.3. The third-order valence-electron chi connectivity index (χ3n) is 6.35. The van der Waals surface area contributed by atoms with Crippen molar-refractivity contribution >= 4 is 21.6 Å². The van der Waals surface area contributed by atoms with Crippen LogP contribution in [0, 0.1) is 13.8 Å². The molecule has 0 bridgehead atoms. The lowest BCUT2D eigenvalue weighted by Crippen LogP contribution is -2.49. The highest BCUT2D eigenvalue weighted by atomic mass is 32.2. The van der Waals surface area contributed by atoms with E-state index in [9.17, 15) is 13.2 Å². The van der Waals surface area contributed by atoms with E-state index >= 15 is 0 Å². The fourth-order valence-electron chi connectivity index (χ4n) is 4.54. The van der Waals surface area contributed by atoms with Crippen LogP contribution in [0.5, 0.6) is 0 Å². The number of anilines is 1. The first-order valence-electron chi connectivity index (χ1n) is 11.8. The van der Waals surface area contributed by atoms with Gasteiger partial charge in [-0.2, -0.15) is 0 Å². The summed E-state index contributed by atoms with van der Waals surface area (Å²) in [5, 5.41) is 3.02. The van der Waals surface area contributed by atoms with Crippen LogP contribution >= 0.6 is 0 Å². The van der Waals surface area contributed by atoms with E-state index in [4.69, 9.17) is 0 Å². The van der Waals surface area contributed by atoms with Gasteiger partial charge in [0.1, 0.15) is 6.04 Å². The van der Waals surface area contributed by atoms with Gasteiger partial charge in [-0.05, 0) is 74.5 Å². The molecule has 33 heavy (non-hydrogen) atoms. The number of amides is 1. The van der Waals surface area contributed by atoms with E-state index in [2.05, 4.69) is 16.3 Å². The number of rotatable bonds is 9. The van der Waals surface area contributed by atoms with Crippen molar-refractivity contribution in [2.45, 2.75) is 65.6 Å². The van der Waals surface area contributed by atoms with Gasteiger partial charge in [-0.25, -0.2) is 8.42 Å². The first-order chi connectivity index (χ1) is 15.7. The lowest BCUT2D eigenvalue weighted by atomic mass is 10.0. The van der Waals surface area contributed by atoms with Crippen LogP contribution in [0.25, 0.3) is 0 Å². The molecule has 1 saturated heterocycles. The zero-order valence-corrected chi connectivity index (χ0v) is 21.1. The smallest absolute Gasteiger partial charge is 0.244 e. The summed E-state index contributed by atoms with van der Waals surface area (Å²) in [6.07, 6.45) is 5.30. The highest BCUT2D eigenvalue weighted by Gasteiger charge is 2.32. The number of piperidine rings is 1. The average molecular weight is 472 g/mol. The summed E-state index contributed by atoms with van der Waals surface area (Å²) in [5.41, 5.74) is 4.62. The van der Waals surface area contributed by atoms with Gasteiger partial charge >= 0.3 is 0 Å². The SMILES string of the molecule is CCC(C(=O)NCc1ccccc1CN1CCCCC1)N(c1cc(C)ccc1C)S(C)(=O)=O. The fraction of sp³-hybridized carbons (Fsp3) is 0.500. The predicted molar refractivity (Wildman–Crippen MR) is 135 cm³/mol. The number of hydrogen-bond acceptors (Lipinski definition) is 4. The quantitative estimate of drug-likeness (QED) is 0.597. The van der Waals surface area contributed by atoms with E-state index in [1.165, 1.54) is 35.4 Å². The molecule has 1 unspecified atom stereocenters. The van der Waals surface area contributed by atoms with Crippen LogP contribution in [-0.2, 0) is 27.9 Å². The molecule has 1 atom stereocenters. The van der Waals surface area contributed by atoms with Gasteiger partial charge in [0, 0.05) is 13.1 Å². The Bertz CT molecular complexity index is 1060. The van der Waals surface area contributed by atoms with Crippen LogP contribution in [0.15, 0.2) is 42.5 Å². The number of nitrogens with zero attached hydrogens (tertiary/aromatic N) is 2. The third kappa shape index (κ3) is 6.58. The third-order valence-corrected chi connectivity index (χ3v) is 7.51. The molecule has 0 aromatic heterocycles. The number of sulfonamides is 1. The standard InChI is InChI=1S/C26H37N3O3S/c1-5-24(29(33(4,31)32)25-17-20(2)13-14-21(25)3)26(30)27-18-22-11-7-8-12-23(22)19-28-15-9-6-10-16-28/h7-8,11-14,17,24H,5-6,9-10,15-16,18-19H2,1-4H3,(H,27,30). The highest BCUT2D eigenvalue weighted by molar-refractivity contribution is 7.92.